The molecule has 0 aliphatic carbocycles. The van der Waals surface area contributed by atoms with Crippen LogP contribution in [0.5, 0.6) is 0 Å². The van der Waals surface area contributed by atoms with Gasteiger partial charge in [0.25, 0.3) is 11.8 Å². The van der Waals surface area contributed by atoms with Crippen LogP contribution in [0, 0.1) is 0 Å². The molecule has 0 bridgehead atoms. The van der Waals surface area contributed by atoms with Crippen molar-refractivity contribution >= 4 is 11.8 Å². The zero-order valence-corrected chi connectivity index (χ0v) is 8.44. The summed E-state index contributed by atoms with van der Waals surface area (Å²) in [4.78, 5) is 22.2. The Hall–Kier alpha value is -1.62. The Kier molecular flexibility index (Phi) is 4.56. The molecule has 0 spiro atoms. The van der Waals surface area contributed by atoms with Crippen LogP contribution in [0.2, 0.25) is 0 Å². The molecule has 0 atom stereocenters. The zero-order chi connectivity index (χ0) is 11.1. The van der Waals surface area contributed by atoms with Crippen LogP contribution >= 0.6 is 0 Å². The number of nitrogens with zero attached hydrogens (tertiary/aromatic N) is 1. The number of ether oxygens (including phenoxy) is 1. The summed E-state index contributed by atoms with van der Waals surface area (Å²) in [6.07, 6.45) is 4.26. The molecule has 2 aliphatic heterocycles. The Morgan fingerprint density at radius 3 is 2.07 bits per heavy atom. The van der Waals surface area contributed by atoms with Crippen molar-refractivity contribution in [2.75, 3.05) is 26.3 Å². The molecule has 1 fully saturated rings. The Balaban J connectivity index is 0.000000151. The fraction of sp³-hybridized carbons (Fsp3) is 0.400. The molecular formula is C10H14N2O3. The highest BCUT2D eigenvalue weighted by Crippen LogP contribution is 1.94. The number of carbonyl (C=O) groups is 2. The van der Waals surface area contributed by atoms with Crippen molar-refractivity contribution in [3.05, 3.63) is 24.9 Å². The Morgan fingerprint density at radius 2 is 1.80 bits per heavy atom. The fourth-order valence-electron chi connectivity index (χ4n) is 1.12. The first kappa shape index (κ1) is 11.5. The van der Waals surface area contributed by atoms with E-state index in [4.69, 9.17) is 4.74 Å². The van der Waals surface area contributed by atoms with Crippen molar-refractivity contribution in [3.63, 3.8) is 0 Å². The number of carbonyl (C=O) groups excluding carboxylic acids is 2. The lowest BCUT2D eigenvalue weighted by Gasteiger charge is -2.24. The number of nitrogens with one attached hydrogen (secondary N) is 1. The maximum Gasteiger partial charge on any atom is 0.250 e. The van der Waals surface area contributed by atoms with Crippen LogP contribution in [0.15, 0.2) is 24.9 Å². The molecule has 5 nitrogen and oxygen atoms in total. The van der Waals surface area contributed by atoms with Gasteiger partial charge in [-0.05, 0) is 6.20 Å². The van der Waals surface area contributed by atoms with Crippen LogP contribution < -0.4 is 5.32 Å². The van der Waals surface area contributed by atoms with Crippen LogP contribution in [-0.2, 0) is 14.3 Å². The highest BCUT2D eigenvalue weighted by atomic mass is 16.5. The molecule has 0 aromatic carbocycles. The predicted octanol–water partition coefficient (Wildman–Crippen LogP) is -0.339. The second-order valence-electron chi connectivity index (χ2n) is 3.02. The van der Waals surface area contributed by atoms with Gasteiger partial charge in [-0.15, -0.1) is 0 Å². The zero-order valence-electron chi connectivity index (χ0n) is 8.44. The molecule has 0 unspecified atom stereocenters. The standard InChI is InChI=1S/C6H11NO.C4H3NO2/c1-2-7-3-5-8-6-4-7;6-3-1-2-4(7)5-3/h2H,1,3-6H2;1-2H,(H,5,6,7). The third-order valence-corrected chi connectivity index (χ3v) is 1.94. The van der Waals surface area contributed by atoms with Crippen molar-refractivity contribution in [2.24, 2.45) is 0 Å². The van der Waals surface area contributed by atoms with E-state index >= 15 is 0 Å². The van der Waals surface area contributed by atoms with Gasteiger partial charge in [-0.3, -0.25) is 14.9 Å². The largest absolute Gasteiger partial charge is 0.378 e. The van der Waals surface area contributed by atoms with Gasteiger partial charge < -0.3 is 9.64 Å². The summed E-state index contributed by atoms with van der Waals surface area (Å²) in [5.41, 5.74) is 0. The topological polar surface area (TPSA) is 58.6 Å². The minimum absolute atomic E-state index is 0.329. The van der Waals surface area contributed by atoms with E-state index in [1.807, 2.05) is 11.5 Å². The minimum atomic E-state index is -0.329. The van der Waals surface area contributed by atoms with Gasteiger partial charge in [0.15, 0.2) is 0 Å². The molecule has 82 valence electrons. The SMILES string of the molecule is C=CN1CCOCC1.O=C1C=CC(=O)N1. The second-order valence-corrected chi connectivity index (χ2v) is 3.02. The molecule has 2 amide bonds. The summed E-state index contributed by atoms with van der Waals surface area (Å²) in [7, 11) is 0. The molecule has 1 N–H and O–H groups in total. The number of rotatable bonds is 1. The van der Waals surface area contributed by atoms with Crippen LogP contribution in [0.4, 0.5) is 0 Å². The van der Waals surface area contributed by atoms with Crippen molar-refractivity contribution in [1.29, 1.82) is 0 Å². The molecular weight excluding hydrogens is 196 g/mol. The molecule has 2 aliphatic rings. The van der Waals surface area contributed by atoms with Gasteiger partial charge in [0.1, 0.15) is 0 Å². The number of hydrogen-bond donors (Lipinski definition) is 1. The molecule has 15 heavy (non-hydrogen) atoms. The van der Waals surface area contributed by atoms with Gasteiger partial charge in [0, 0.05) is 25.2 Å². The summed E-state index contributed by atoms with van der Waals surface area (Å²) in [6.45, 7) is 7.37. The third-order valence-electron chi connectivity index (χ3n) is 1.94. The van der Waals surface area contributed by atoms with Gasteiger partial charge in [-0.25, -0.2) is 0 Å². The van der Waals surface area contributed by atoms with Crippen LogP contribution in [-0.4, -0.2) is 43.0 Å². The smallest absolute Gasteiger partial charge is 0.250 e. The first-order valence-corrected chi connectivity index (χ1v) is 4.70. The number of imide groups is 1. The first-order valence-electron chi connectivity index (χ1n) is 4.70. The van der Waals surface area contributed by atoms with E-state index in [-0.39, 0.29) is 11.8 Å². The van der Waals surface area contributed by atoms with Gasteiger partial charge in [-0.1, -0.05) is 6.58 Å². The van der Waals surface area contributed by atoms with Crippen molar-refractivity contribution in [1.82, 2.24) is 10.2 Å². The van der Waals surface area contributed by atoms with Crippen LogP contribution in [0.3, 0.4) is 0 Å². The van der Waals surface area contributed by atoms with E-state index in [1.54, 1.807) is 0 Å². The molecule has 0 aromatic heterocycles. The highest BCUT2D eigenvalue weighted by Gasteiger charge is 2.06. The summed E-state index contributed by atoms with van der Waals surface area (Å²) in [6, 6.07) is 0. The number of amides is 2. The number of morpholine rings is 1. The van der Waals surface area contributed by atoms with Gasteiger partial charge in [-0.2, -0.15) is 0 Å². The lowest BCUT2D eigenvalue weighted by atomic mass is 10.5. The van der Waals surface area contributed by atoms with Gasteiger partial charge in [0.2, 0.25) is 0 Å². The first-order chi connectivity index (χ1) is 7.22. The summed E-state index contributed by atoms with van der Waals surface area (Å²) in [5, 5.41) is 2.03. The molecule has 5 heteroatoms. The Labute approximate surface area is 88.4 Å². The highest BCUT2D eigenvalue weighted by molar-refractivity contribution is 6.12. The van der Waals surface area contributed by atoms with Gasteiger partial charge >= 0.3 is 0 Å². The van der Waals surface area contributed by atoms with Crippen LogP contribution in [0.25, 0.3) is 0 Å². The Bertz CT molecular complexity index is 264. The predicted molar refractivity (Wildman–Crippen MR) is 54.9 cm³/mol. The molecule has 2 heterocycles. The maximum absolute atomic E-state index is 10.0. The van der Waals surface area contributed by atoms with E-state index in [1.165, 1.54) is 12.2 Å². The second kappa shape index (κ2) is 5.98. The quantitative estimate of drug-likeness (QED) is 0.602. The summed E-state index contributed by atoms with van der Waals surface area (Å²) < 4.78 is 5.11. The van der Waals surface area contributed by atoms with Gasteiger partial charge in [0.05, 0.1) is 13.2 Å². The van der Waals surface area contributed by atoms with Crippen molar-refractivity contribution < 1.29 is 14.3 Å². The van der Waals surface area contributed by atoms with E-state index in [0.717, 1.165) is 26.3 Å². The summed E-state index contributed by atoms with van der Waals surface area (Å²) >= 11 is 0. The molecule has 0 aromatic rings. The molecule has 2 rings (SSSR count). The third kappa shape index (κ3) is 4.42. The summed E-state index contributed by atoms with van der Waals surface area (Å²) in [5.74, 6) is -0.657. The normalized spacial score (nSPS) is 19.3. The van der Waals surface area contributed by atoms with E-state index in [2.05, 4.69) is 11.5 Å². The average molecular weight is 210 g/mol. The lowest BCUT2D eigenvalue weighted by Crippen LogP contribution is -2.31. The van der Waals surface area contributed by atoms with E-state index in [9.17, 15) is 9.59 Å². The minimum Gasteiger partial charge on any atom is -0.378 e. The van der Waals surface area contributed by atoms with Crippen LogP contribution in [0.1, 0.15) is 0 Å². The fourth-order valence-corrected chi connectivity index (χ4v) is 1.12. The molecule has 0 radical (unpaired) electrons. The van der Waals surface area contributed by atoms with E-state index < -0.39 is 0 Å². The monoisotopic (exact) mass is 210 g/mol. The lowest BCUT2D eigenvalue weighted by molar-refractivity contribution is -0.123. The van der Waals surface area contributed by atoms with Crippen molar-refractivity contribution in [3.8, 4) is 0 Å². The molecule has 0 saturated carbocycles. The van der Waals surface area contributed by atoms with Crippen molar-refractivity contribution in [2.45, 2.75) is 0 Å². The Morgan fingerprint density at radius 1 is 1.27 bits per heavy atom. The average Bonchev–Trinajstić information content (AvgIpc) is 2.65. The maximum atomic E-state index is 10.0. The molecule has 1 saturated heterocycles. The van der Waals surface area contributed by atoms with E-state index in [0.29, 0.717) is 0 Å². The number of hydrogen-bond acceptors (Lipinski definition) is 4.